The molecule has 2 heterocycles. The Bertz CT molecular complexity index is 1130. The van der Waals surface area contributed by atoms with E-state index in [9.17, 15) is 18.8 Å². The van der Waals surface area contributed by atoms with Crippen molar-refractivity contribution in [2.75, 3.05) is 12.4 Å². The fourth-order valence-electron chi connectivity index (χ4n) is 2.49. The van der Waals surface area contributed by atoms with Gasteiger partial charge in [-0.05, 0) is 30.7 Å². The highest BCUT2D eigenvalue weighted by molar-refractivity contribution is 7.20. The summed E-state index contributed by atoms with van der Waals surface area (Å²) in [6.07, 6.45) is 1.24. The van der Waals surface area contributed by atoms with E-state index < -0.39 is 23.3 Å². The number of nitrogens with zero attached hydrogens (tertiary/aromatic N) is 2. The van der Waals surface area contributed by atoms with Crippen molar-refractivity contribution in [3.8, 4) is 0 Å². The maximum absolute atomic E-state index is 13.2. The van der Waals surface area contributed by atoms with Gasteiger partial charge in [0.1, 0.15) is 22.1 Å². The highest BCUT2D eigenvalue weighted by Crippen LogP contribution is 2.27. The van der Waals surface area contributed by atoms with E-state index in [1.807, 2.05) is 0 Å². The number of carbonyl (C=O) groups is 2. The lowest BCUT2D eigenvalue weighted by atomic mass is 10.2. The van der Waals surface area contributed by atoms with E-state index in [2.05, 4.69) is 10.3 Å². The van der Waals surface area contributed by atoms with E-state index in [0.29, 0.717) is 21.0 Å². The molecule has 27 heavy (non-hydrogen) atoms. The van der Waals surface area contributed by atoms with E-state index in [4.69, 9.17) is 16.3 Å². The van der Waals surface area contributed by atoms with Crippen molar-refractivity contribution in [3.63, 3.8) is 0 Å². The first kappa shape index (κ1) is 19.0. The van der Waals surface area contributed by atoms with Crippen LogP contribution in [0.1, 0.15) is 15.2 Å². The first-order valence-corrected chi connectivity index (χ1v) is 8.83. The first-order chi connectivity index (χ1) is 12.8. The van der Waals surface area contributed by atoms with Gasteiger partial charge in [-0.15, -0.1) is 11.3 Å². The molecule has 0 aliphatic carbocycles. The number of hydrogen-bond donors (Lipinski definition) is 1. The molecule has 1 N–H and O–H groups in total. The molecule has 0 aliphatic heterocycles. The Balaban J connectivity index is 1.88. The van der Waals surface area contributed by atoms with Crippen molar-refractivity contribution < 1.29 is 18.7 Å². The second kappa shape index (κ2) is 7.45. The topological polar surface area (TPSA) is 90.3 Å². The van der Waals surface area contributed by atoms with Gasteiger partial charge in [0.2, 0.25) is 5.91 Å². The highest BCUT2D eigenvalue weighted by atomic mass is 35.5. The van der Waals surface area contributed by atoms with Gasteiger partial charge >= 0.3 is 5.97 Å². The molecule has 0 aliphatic rings. The zero-order valence-electron chi connectivity index (χ0n) is 14.2. The van der Waals surface area contributed by atoms with Crippen LogP contribution in [0.3, 0.4) is 0 Å². The van der Waals surface area contributed by atoms with Gasteiger partial charge < -0.3 is 10.1 Å². The standard InChI is InChI=1S/C17H13ClFN3O4S/c1-8-13-15(27-14(8)17(25)26-2)20-7-22(16(13)24)6-12(23)21-9-3-4-11(19)10(18)5-9/h3-5,7H,6H2,1-2H3,(H,21,23). The molecule has 0 atom stereocenters. The molecule has 0 saturated heterocycles. The number of aryl methyl sites for hydroxylation is 1. The second-order valence-electron chi connectivity index (χ2n) is 5.58. The number of esters is 1. The van der Waals surface area contributed by atoms with Gasteiger partial charge in [0.25, 0.3) is 5.56 Å². The third-order valence-electron chi connectivity index (χ3n) is 3.81. The molecule has 2 aromatic heterocycles. The molecule has 10 heteroatoms. The van der Waals surface area contributed by atoms with Crippen LogP contribution < -0.4 is 10.9 Å². The summed E-state index contributed by atoms with van der Waals surface area (Å²) in [7, 11) is 1.25. The number of hydrogen-bond acceptors (Lipinski definition) is 6. The molecule has 1 aromatic carbocycles. The van der Waals surface area contributed by atoms with Crippen LogP contribution in [0.5, 0.6) is 0 Å². The molecule has 7 nitrogen and oxygen atoms in total. The maximum atomic E-state index is 13.2. The lowest BCUT2D eigenvalue weighted by molar-refractivity contribution is -0.116. The average molecular weight is 410 g/mol. The number of benzene rings is 1. The lowest BCUT2D eigenvalue weighted by Gasteiger charge is -2.08. The van der Waals surface area contributed by atoms with Crippen LogP contribution in [0.2, 0.25) is 5.02 Å². The van der Waals surface area contributed by atoms with Crippen molar-refractivity contribution in [2.45, 2.75) is 13.5 Å². The van der Waals surface area contributed by atoms with E-state index in [1.165, 1.54) is 25.6 Å². The van der Waals surface area contributed by atoms with Gasteiger partial charge in [-0.3, -0.25) is 14.2 Å². The molecule has 3 rings (SSSR count). The second-order valence-corrected chi connectivity index (χ2v) is 6.99. The third kappa shape index (κ3) is 3.69. The van der Waals surface area contributed by atoms with Crippen LogP contribution in [0.25, 0.3) is 10.2 Å². The Morgan fingerprint density at radius 3 is 2.81 bits per heavy atom. The molecule has 0 spiro atoms. The number of ether oxygens (including phenoxy) is 1. The molecular formula is C17H13ClFN3O4S. The number of anilines is 1. The number of halogens is 2. The fraction of sp³-hybridized carbons (Fsp3) is 0.176. The molecule has 0 saturated carbocycles. The number of carbonyl (C=O) groups excluding carboxylic acids is 2. The summed E-state index contributed by atoms with van der Waals surface area (Å²) < 4.78 is 19.0. The summed E-state index contributed by atoms with van der Waals surface area (Å²) in [5, 5.41) is 2.67. The number of thiophene rings is 1. The zero-order valence-corrected chi connectivity index (χ0v) is 15.8. The summed E-state index contributed by atoms with van der Waals surface area (Å²) >= 11 is 6.73. The summed E-state index contributed by atoms with van der Waals surface area (Å²) in [6.45, 7) is 1.32. The lowest BCUT2D eigenvalue weighted by Crippen LogP contribution is -2.27. The van der Waals surface area contributed by atoms with Crippen LogP contribution in [0, 0.1) is 12.7 Å². The molecular weight excluding hydrogens is 397 g/mol. The minimum absolute atomic E-state index is 0.128. The first-order valence-electron chi connectivity index (χ1n) is 7.63. The fourth-order valence-corrected chi connectivity index (χ4v) is 3.73. The Morgan fingerprint density at radius 1 is 1.41 bits per heavy atom. The van der Waals surface area contributed by atoms with Gasteiger partial charge in [0, 0.05) is 5.69 Å². The quantitative estimate of drug-likeness (QED) is 0.669. The van der Waals surface area contributed by atoms with Crippen molar-refractivity contribution in [1.29, 1.82) is 0 Å². The molecule has 0 bridgehead atoms. The van der Waals surface area contributed by atoms with Crippen molar-refractivity contribution in [3.05, 3.63) is 56.2 Å². The number of fused-ring (bicyclic) bond motifs is 1. The summed E-state index contributed by atoms with van der Waals surface area (Å²) in [6, 6.07) is 3.75. The summed E-state index contributed by atoms with van der Waals surface area (Å²) in [5.41, 5.74) is 0.309. The van der Waals surface area contributed by atoms with Crippen LogP contribution >= 0.6 is 22.9 Å². The van der Waals surface area contributed by atoms with Gasteiger partial charge in [-0.2, -0.15) is 0 Å². The smallest absolute Gasteiger partial charge is 0.348 e. The van der Waals surface area contributed by atoms with Crippen molar-refractivity contribution in [1.82, 2.24) is 9.55 Å². The largest absolute Gasteiger partial charge is 0.465 e. The zero-order chi connectivity index (χ0) is 19.7. The number of methoxy groups -OCH3 is 1. The highest BCUT2D eigenvalue weighted by Gasteiger charge is 2.20. The average Bonchev–Trinajstić information content (AvgIpc) is 2.97. The normalized spacial score (nSPS) is 10.8. The summed E-state index contributed by atoms with van der Waals surface area (Å²) in [4.78, 5) is 41.5. The van der Waals surface area contributed by atoms with Gasteiger partial charge in [0.05, 0.1) is 23.8 Å². The van der Waals surface area contributed by atoms with Crippen LogP contribution in [-0.4, -0.2) is 28.5 Å². The molecule has 3 aromatic rings. The Labute approximate surface area is 161 Å². The van der Waals surface area contributed by atoms with Crippen LogP contribution in [0.15, 0.2) is 29.3 Å². The van der Waals surface area contributed by atoms with E-state index >= 15 is 0 Å². The van der Waals surface area contributed by atoms with E-state index in [-0.39, 0.29) is 17.0 Å². The molecule has 1 amide bonds. The molecule has 140 valence electrons. The predicted molar refractivity (Wildman–Crippen MR) is 100.0 cm³/mol. The van der Waals surface area contributed by atoms with E-state index in [0.717, 1.165) is 22.0 Å². The number of rotatable bonds is 4. The molecule has 0 radical (unpaired) electrons. The third-order valence-corrected chi connectivity index (χ3v) is 5.27. The monoisotopic (exact) mass is 409 g/mol. The van der Waals surface area contributed by atoms with Gasteiger partial charge in [0.15, 0.2) is 0 Å². The number of aromatic nitrogens is 2. The van der Waals surface area contributed by atoms with Gasteiger partial charge in [-0.25, -0.2) is 14.2 Å². The van der Waals surface area contributed by atoms with Crippen molar-refractivity contribution in [2.24, 2.45) is 0 Å². The predicted octanol–water partition coefficient (Wildman–Crippen LogP) is 2.98. The Morgan fingerprint density at radius 2 is 2.15 bits per heavy atom. The Kier molecular flexibility index (Phi) is 5.24. The SMILES string of the molecule is COC(=O)c1sc2ncn(CC(=O)Nc3ccc(F)c(Cl)c3)c(=O)c2c1C. The number of amides is 1. The minimum atomic E-state index is -0.602. The van der Waals surface area contributed by atoms with Gasteiger partial charge in [-0.1, -0.05) is 11.6 Å². The Hall–Kier alpha value is -2.78. The molecule has 0 fully saturated rings. The minimum Gasteiger partial charge on any atom is -0.465 e. The maximum Gasteiger partial charge on any atom is 0.348 e. The van der Waals surface area contributed by atoms with E-state index in [1.54, 1.807) is 6.92 Å². The summed E-state index contributed by atoms with van der Waals surface area (Å²) in [5.74, 6) is -1.66. The van der Waals surface area contributed by atoms with Crippen molar-refractivity contribution >= 4 is 50.7 Å². The van der Waals surface area contributed by atoms with Crippen LogP contribution in [0.4, 0.5) is 10.1 Å². The number of nitrogens with one attached hydrogen (secondary N) is 1. The van der Waals surface area contributed by atoms with Crippen LogP contribution in [-0.2, 0) is 16.1 Å². The molecule has 0 unspecified atom stereocenters.